The van der Waals surface area contributed by atoms with Crippen molar-refractivity contribution in [3.8, 4) is 11.1 Å². The van der Waals surface area contributed by atoms with Crippen LogP contribution in [0.25, 0.3) is 11.1 Å². The maximum absolute atomic E-state index is 10.7. The molecule has 0 amide bonds. The quantitative estimate of drug-likeness (QED) is 0.865. The number of carboxylic acids is 1. The molecule has 0 saturated carbocycles. The van der Waals surface area contributed by atoms with Crippen molar-refractivity contribution >= 4 is 11.7 Å². The minimum atomic E-state index is -0.869. The van der Waals surface area contributed by atoms with Gasteiger partial charge in [0.1, 0.15) is 6.04 Å². The van der Waals surface area contributed by atoms with Crippen LogP contribution in [0.5, 0.6) is 0 Å². The molecule has 2 N–H and O–H groups in total. The lowest BCUT2D eigenvalue weighted by Gasteiger charge is -2.11. The predicted octanol–water partition coefficient (Wildman–Crippen LogP) is 2.63. The molecule has 1 heterocycles. The fourth-order valence-corrected chi connectivity index (χ4v) is 1.60. The van der Waals surface area contributed by atoms with Crippen molar-refractivity contribution in [3.05, 3.63) is 48.8 Å². The SMILES string of the molecule is C[C@H](Nc1ccc(-c2cccnc2)cc1)C(=O)O. The summed E-state index contributed by atoms with van der Waals surface area (Å²) < 4.78 is 0. The lowest BCUT2D eigenvalue weighted by atomic mass is 10.1. The number of hydrogen-bond donors (Lipinski definition) is 2. The summed E-state index contributed by atoms with van der Waals surface area (Å²) in [5.41, 5.74) is 2.88. The topological polar surface area (TPSA) is 62.2 Å². The molecule has 0 fully saturated rings. The lowest BCUT2D eigenvalue weighted by molar-refractivity contribution is -0.137. The van der Waals surface area contributed by atoms with E-state index in [0.29, 0.717) is 0 Å². The molecular formula is C14H14N2O2. The van der Waals surface area contributed by atoms with E-state index in [2.05, 4.69) is 10.3 Å². The van der Waals surface area contributed by atoms with Crippen LogP contribution in [0, 0.1) is 0 Å². The van der Waals surface area contributed by atoms with Gasteiger partial charge in [-0.15, -0.1) is 0 Å². The van der Waals surface area contributed by atoms with E-state index in [-0.39, 0.29) is 0 Å². The summed E-state index contributed by atoms with van der Waals surface area (Å²) in [5, 5.41) is 11.7. The number of carbonyl (C=O) groups is 1. The monoisotopic (exact) mass is 242 g/mol. The van der Waals surface area contributed by atoms with Crippen LogP contribution < -0.4 is 5.32 Å². The lowest BCUT2D eigenvalue weighted by Crippen LogP contribution is -2.25. The molecule has 1 aromatic heterocycles. The summed E-state index contributed by atoms with van der Waals surface area (Å²) in [5.74, 6) is -0.869. The molecule has 0 radical (unpaired) electrons. The second-order valence-corrected chi connectivity index (χ2v) is 4.02. The Labute approximate surface area is 105 Å². The van der Waals surface area contributed by atoms with Crippen LogP contribution in [0.4, 0.5) is 5.69 Å². The molecule has 2 rings (SSSR count). The number of nitrogens with one attached hydrogen (secondary N) is 1. The highest BCUT2D eigenvalue weighted by molar-refractivity contribution is 5.77. The first kappa shape index (κ1) is 12.1. The van der Waals surface area contributed by atoms with Crippen molar-refractivity contribution < 1.29 is 9.90 Å². The molecule has 18 heavy (non-hydrogen) atoms. The number of nitrogens with zero attached hydrogens (tertiary/aromatic N) is 1. The van der Waals surface area contributed by atoms with Gasteiger partial charge in [-0.2, -0.15) is 0 Å². The van der Waals surface area contributed by atoms with Gasteiger partial charge in [-0.05, 0) is 36.2 Å². The van der Waals surface area contributed by atoms with Gasteiger partial charge in [-0.25, -0.2) is 0 Å². The molecule has 0 aliphatic carbocycles. The summed E-state index contributed by atoms with van der Waals surface area (Å²) in [6.45, 7) is 1.61. The predicted molar refractivity (Wildman–Crippen MR) is 70.4 cm³/mol. The van der Waals surface area contributed by atoms with Gasteiger partial charge in [0.15, 0.2) is 0 Å². The average molecular weight is 242 g/mol. The Hall–Kier alpha value is -2.36. The number of carboxylic acid groups (broad SMARTS) is 1. The van der Waals surface area contributed by atoms with Crippen molar-refractivity contribution in [2.24, 2.45) is 0 Å². The Morgan fingerprint density at radius 2 is 1.94 bits per heavy atom. The van der Waals surface area contributed by atoms with Crippen LogP contribution in [-0.2, 0) is 4.79 Å². The van der Waals surface area contributed by atoms with Crippen LogP contribution in [-0.4, -0.2) is 22.1 Å². The van der Waals surface area contributed by atoms with E-state index in [0.717, 1.165) is 16.8 Å². The third kappa shape index (κ3) is 2.85. The first-order chi connectivity index (χ1) is 8.66. The molecule has 0 spiro atoms. The van der Waals surface area contributed by atoms with Crippen molar-refractivity contribution in [3.63, 3.8) is 0 Å². The highest BCUT2D eigenvalue weighted by atomic mass is 16.4. The standard InChI is InChI=1S/C14H14N2O2/c1-10(14(17)18)16-13-6-4-11(5-7-13)12-3-2-8-15-9-12/h2-10,16H,1H3,(H,17,18)/t10-/m0/s1. The molecule has 1 atom stereocenters. The van der Waals surface area contributed by atoms with E-state index >= 15 is 0 Å². The molecule has 4 heteroatoms. The maximum Gasteiger partial charge on any atom is 0.325 e. The maximum atomic E-state index is 10.7. The van der Waals surface area contributed by atoms with E-state index in [1.165, 1.54) is 0 Å². The number of aliphatic carboxylic acids is 1. The Kier molecular flexibility index (Phi) is 3.57. The fraction of sp³-hybridized carbons (Fsp3) is 0.143. The van der Waals surface area contributed by atoms with Gasteiger partial charge in [0.2, 0.25) is 0 Å². The van der Waals surface area contributed by atoms with Crippen LogP contribution in [0.2, 0.25) is 0 Å². The largest absolute Gasteiger partial charge is 0.480 e. The zero-order valence-electron chi connectivity index (χ0n) is 10.00. The fourth-order valence-electron chi connectivity index (χ4n) is 1.60. The summed E-state index contributed by atoms with van der Waals surface area (Å²) in [6.07, 6.45) is 3.52. The van der Waals surface area contributed by atoms with Crippen LogP contribution in [0.1, 0.15) is 6.92 Å². The van der Waals surface area contributed by atoms with Crippen LogP contribution >= 0.6 is 0 Å². The Bertz CT molecular complexity index is 523. The minimum absolute atomic E-state index is 0.603. The van der Waals surface area contributed by atoms with E-state index in [9.17, 15) is 4.79 Å². The highest BCUT2D eigenvalue weighted by Crippen LogP contribution is 2.20. The molecule has 0 aliphatic rings. The van der Waals surface area contributed by atoms with Gasteiger partial charge in [-0.3, -0.25) is 9.78 Å². The molecule has 0 saturated heterocycles. The summed E-state index contributed by atoms with van der Waals surface area (Å²) in [7, 11) is 0. The molecule has 92 valence electrons. The second-order valence-electron chi connectivity index (χ2n) is 4.02. The molecule has 0 bridgehead atoms. The molecule has 0 aliphatic heterocycles. The summed E-state index contributed by atoms with van der Waals surface area (Å²) in [6, 6.07) is 10.9. The zero-order chi connectivity index (χ0) is 13.0. The minimum Gasteiger partial charge on any atom is -0.480 e. The number of rotatable bonds is 4. The number of aromatic nitrogens is 1. The van der Waals surface area contributed by atoms with E-state index in [4.69, 9.17) is 5.11 Å². The third-order valence-corrected chi connectivity index (χ3v) is 2.63. The molecule has 4 nitrogen and oxygen atoms in total. The Morgan fingerprint density at radius 1 is 1.22 bits per heavy atom. The smallest absolute Gasteiger partial charge is 0.325 e. The highest BCUT2D eigenvalue weighted by Gasteiger charge is 2.09. The van der Waals surface area contributed by atoms with Crippen molar-refractivity contribution in [2.75, 3.05) is 5.32 Å². The van der Waals surface area contributed by atoms with Crippen LogP contribution in [0.3, 0.4) is 0 Å². The first-order valence-electron chi connectivity index (χ1n) is 5.66. The van der Waals surface area contributed by atoms with Gasteiger partial charge in [0, 0.05) is 18.1 Å². The first-order valence-corrected chi connectivity index (χ1v) is 5.66. The third-order valence-electron chi connectivity index (χ3n) is 2.63. The van der Waals surface area contributed by atoms with Crippen molar-refractivity contribution in [1.29, 1.82) is 0 Å². The van der Waals surface area contributed by atoms with Gasteiger partial charge in [0.25, 0.3) is 0 Å². The van der Waals surface area contributed by atoms with Crippen molar-refractivity contribution in [2.45, 2.75) is 13.0 Å². The molecular weight excluding hydrogens is 228 g/mol. The Balaban J connectivity index is 2.13. The summed E-state index contributed by atoms with van der Waals surface area (Å²) >= 11 is 0. The number of hydrogen-bond acceptors (Lipinski definition) is 3. The van der Waals surface area contributed by atoms with Gasteiger partial charge < -0.3 is 10.4 Å². The van der Waals surface area contributed by atoms with Gasteiger partial charge in [0.05, 0.1) is 0 Å². The number of pyridine rings is 1. The van der Waals surface area contributed by atoms with Crippen LogP contribution in [0.15, 0.2) is 48.8 Å². The summed E-state index contributed by atoms with van der Waals surface area (Å²) in [4.78, 5) is 14.8. The average Bonchev–Trinajstić information content (AvgIpc) is 2.40. The van der Waals surface area contributed by atoms with E-state index in [1.807, 2.05) is 36.4 Å². The van der Waals surface area contributed by atoms with E-state index < -0.39 is 12.0 Å². The van der Waals surface area contributed by atoms with E-state index in [1.54, 1.807) is 19.3 Å². The van der Waals surface area contributed by atoms with Gasteiger partial charge >= 0.3 is 5.97 Å². The molecule has 0 unspecified atom stereocenters. The molecule has 1 aromatic carbocycles. The normalized spacial score (nSPS) is 11.8. The second kappa shape index (κ2) is 5.31. The van der Waals surface area contributed by atoms with Gasteiger partial charge in [-0.1, -0.05) is 18.2 Å². The number of benzene rings is 1. The number of anilines is 1. The van der Waals surface area contributed by atoms with Crippen molar-refractivity contribution in [1.82, 2.24) is 4.98 Å². The zero-order valence-corrected chi connectivity index (χ0v) is 10.00. The Morgan fingerprint density at radius 3 is 2.50 bits per heavy atom. The molecule has 2 aromatic rings.